The van der Waals surface area contributed by atoms with Crippen LogP contribution in [0.15, 0.2) is 40.9 Å². The number of pyridine rings is 1. The molecule has 0 saturated heterocycles. The van der Waals surface area contributed by atoms with Crippen LogP contribution in [0.5, 0.6) is 0 Å². The largest absolute Gasteiger partial charge is 0.433 e. The van der Waals surface area contributed by atoms with Gasteiger partial charge in [0.1, 0.15) is 10.6 Å². The molecule has 1 aliphatic carbocycles. The number of fused-ring (bicyclic) bond motifs is 1. The van der Waals surface area contributed by atoms with E-state index in [2.05, 4.69) is 10.3 Å². The van der Waals surface area contributed by atoms with E-state index in [0.29, 0.717) is 13.1 Å². The molecule has 9 nitrogen and oxygen atoms in total. The number of furan rings is 1. The Labute approximate surface area is 160 Å². The molecule has 1 N–H and O–H groups in total. The van der Waals surface area contributed by atoms with Crippen LogP contribution in [0.25, 0.3) is 11.4 Å². The van der Waals surface area contributed by atoms with Crippen molar-refractivity contribution < 1.29 is 14.1 Å². The number of amides is 1. The van der Waals surface area contributed by atoms with Crippen LogP contribution in [0.2, 0.25) is 0 Å². The minimum absolute atomic E-state index is 0.0802. The summed E-state index contributed by atoms with van der Waals surface area (Å²) in [5.41, 5.74) is 4.18. The van der Waals surface area contributed by atoms with Crippen LogP contribution < -0.4 is 5.32 Å². The summed E-state index contributed by atoms with van der Waals surface area (Å²) in [6.45, 7) is 0.840. The summed E-state index contributed by atoms with van der Waals surface area (Å²) < 4.78 is 6.85. The molecule has 144 valence electrons. The lowest BCUT2D eigenvalue weighted by atomic mass is 9.95. The maximum Gasteiger partial charge on any atom is 0.433 e. The van der Waals surface area contributed by atoms with Crippen LogP contribution >= 0.6 is 0 Å². The Bertz CT molecular complexity index is 1010. The maximum absolute atomic E-state index is 12.1. The number of nitro groups is 1. The molecule has 3 aromatic heterocycles. The highest BCUT2D eigenvalue weighted by atomic mass is 16.6. The molecule has 0 spiro atoms. The third kappa shape index (κ3) is 3.51. The monoisotopic (exact) mass is 381 g/mol. The molecule has 9 heteroatoms. The molecule has 4 rings (SSSR count). The molecular formula is C19H19N5O4. The normalized spacial score (nSPS) is 13.1. The van der Waals surface area contributed by atoms with Crippen molar-refractivity contribution in [1.82, 2.24) is 20.1 Å². The Morgan fingerprint density at radius 3 is 2.86 bits per heavy atom. The van der Waals surface area contributed by atoms with E-state index in [4.69, 9.17) is 9.52 Å². The fraction of sp³-hybridized carbons (Fsp3) is 0.316. The summed E-state index contributed by atoms with van der Waals surface area (Å²) in [5.74, 6) is -1.02. The molecule has 1 amide bonds. The van der Waals surface area contributed by atoms with Crippen LogP contribution in [0.1, 0.15) is 34.7 Å². The van der Waals surface area contributed by atoms with Crippen molar-refractivity contribution in [3.63, 3.8) is 0 Å². The number of hydrogen-bond acceptors (Lipinski definition) is 6. The van der Waals surface area contributed by atoms with Crippen molar-refractivity contribution >= 4 is 11.8 Å². The van der Waals surface area contributed by atoms with Crippen LogP contribution in [0, 0.1) is 10.1 Å². The van der Waals surface area contributed by atoms with E-state index in [0.717, 1.165) is 43.1 Å². The summed E-state index contributed by atoms with van der Waals surface area (Å²) >= 11 is 0. The number of carbonyl (C=O) groups excluding carboxylic acids is 1. The van der Waals surface area contributed by atoms with E-state index < -0.39 is 16.7 Å². The molecule has 3 aromatic rings. The molecule has 28 heavy (non-hydrogen) atoms. The van der Waals surface area contributed by atoms with Crippen molar-refractivity contribution in [2.75, 3.05) is 6.54 Å². The van der Waals surface area contributed by atoms with E-state index >= 15 is 0 Å². The second-order valence-electron chi connectivity index (χ2n) is 6.57. The second-order valence-corrected chi connectivity index (χ2v) is 6.57. The predicted molar refractivity (Wildman–Crippen MR) is 99.8 cm³/mol. The minimum Gasteiger partial charge on any atom is -0.395 e. The number of carbonyl (C=O) groups is 1. The topological polar surface area (TPSA) is 116 Å². The highest BCUT2D eigenvalue weighted by Crippen LogP contribution is 2.30. The fourth-order valence-electron chi connectivity index (χ4n) is 3.47. The molecule has 0 saturated carbocycles. The highest BCUT2D eigenvalue weighted by molar-refractivity contribution is 5.91. The van der Waals surface area contributed by atoms with Crippen molar-refractivity contribution in [1.29, 1.82) is 0 Å². The van der Waals surface area contributed by atoms with Crippen molar-refractivity contribution in [3.8, 4) is 11.4 Å². The third-order valence-corrected chi connectivity index (χ3v) is 4.77. The van der Waals surface area contributed by atoms with Gasteiger partial charge in [0.15, 0.2) is 5.76 Å². The highest BCUT2D eigenvalue weighted by Gasteiger charge is 2.22. The Kier molecular flexibility index (Phi) is 4.88. The van der Waals surface area contributed by atoms with Gasteiger partial charge in [-0.15, -0.1) is 0 Å². The van der Waals surface area contributed by atoms with E-state index in [1.807, 2.05) is 22.9 Å². The first-order valence-electron chi connectivity index (χ1n) is 9.16. The summed E-state index contributed by atoms with van der Waals surface area (Å²) in [4.78, 5) is 26.5. The van der Waals surface area contributed by atoms with E-state index in [-0.39, 0.29) is 5.76 Å². The molecule has 0 aromatic carbocycles. The predicted octanol–water partition coefficient (Wildman–Crippen LogP) is 2.76. The molecule has 0 radical (unpaired) electrons. The molecule has 0 aliphatic heterocycles. The van der Waals surface area contributed by atoms with Gasteiger partial charge in [-0.25, -0.2) is 0 Å². The Hall–Kier alpha value is -3.49. The minimum atomic E-state index is -0.675. The smallest absolute Gasteiger partial charge is 0.395 e. The summed E-state index contributed by atoms with van der Waals surface area (Å²) in [6, 6.07) is 8.23. The van der Waals surface area contributed by atoms with Crippen molar-refractivity contribution in [2.24, 2.45) is 0 Å². The summed E-state index contributed by atoms with van der Waals surface area (Å²) in [6.07, 6.45) is 5.93. The lowest BCUT2D eigenvalue weighted by Gasteiger charge is -2.14. The number of nitrogens with one attached hydrogen (secondary N) is 1. The standard InChI is InChI=1S/C19H19N5O4/c25-19(16-8-9-17(28-16)24(26)27)21-11-12-23-15-7-2-1-5-13(15)18(22-23)14-6-3-4-10-20-14/h3-4,6,8-10H,1-2,5,7,11-12H2,(H,21,25). The van der Waals surface area contributed by atoms with E-state index in [1.165, 1.54) is 17.3 Å². The van der Waals surface area contributed by atoms with Gasteiger partial charge in [0, 0.05) is 24.0 Å². The van der Waals surface area contributed by atoms with Gasteiger partial charge in [-0.3, -0.25) is 24.6 Å². The summed E-state index contributed by atoms with van der Waals surface area (Å²) in [7, 11) is 0. The molecule has 0 bridgehead atoms. The number of aromatic nitrogens is 3. The van der Waals surface area contributed by atoms with Crippen LogP contribution in [-0.2, 0) is 19.4 Å². The number of rotatable bonds is 6. The van der Waals surface area contributed by atoms with Crippen LogP contribution in [0.3, 0.4) is 0 Å². The average molecular weight is 381 g/mol. The molecular weight excluding hydrogens is 362 g/mol. The second kappa shape index (κ2) is 7.63. The Morgan fingerprint density at radius 1 is 1.25 bits per heavy atom. The van der Waals surface area contributed by atoms with Gasteiger partial charge in [0.05, 0.1) is 18.3 Å². The molecule has 0 atom stereocenters. The quantitative estimate of drug-likeness (QED) is 0.518. The third-order valence-electron chi connectivity index (χ3n) is 4.77. The number of nitrogens with zero attached hydrogens (tertiary/aromatic N) is 4. The summed E-state index contributed by atoms with van der Waals surface area (Å²) in [5, 5.41) is 18.1. The molecule has 0 fully saturated rings. The van der Waals surface area contributed by atoms with Gasteiger partial charge in [-0.1, -0.05) is 6.07 Å². The lowest BCUT2D eigenvalue weighted by molar-refractivity contribution is -0.402. The Morgan fingerprint density at radius 2 is 2.11 bits per heavy atom. The first-order valence-corrected chi connectivity index (χ1v) is 9.16. The molecule has 1 aliphatic rings. The Balaban J connectivity index is 1.47. The van der Waals surface area contributed by atoms with Gasteiger partial charge in [0.25, 0.3) is 5.91 Å². The SMILES string of the molecule is O=C(NCCn1nc(-c2ccccn2)c2c1CCCC2)c1ccc([N+](=O)[O-])o1. The van der Waals surface area contributed by atoms with E-state index in [9.17, 15) is 14.9 Å². The first-order chi connectivity index (χ1) is 13.6. The van der Waals surface area contributed by atoms with Gasteiger partial charge >= 0.3 is 5.88 Å². The van der Waals surface area contributed by atoms with E-state index in [1.54, 1.807) is 6.20 Å². The number of hydrogen-bond donors (Lipinski definition) is 1. The first kappa shape index (κ1) is 17.9. The average Bonchev–Trinajstić information content (AvgIpc) is 3.35. The lowest BCUT2D eigenvalue weighted by Crippen LogP contribution is -2.27. The van der Waals surface area contributed by atoms with Crippen LogP contribution in [-0.4, -0.2) is 32.1 Å². The maximum atomic E-state index is 12.1. The zero-order valence-corrected chi connectivity index (χ0v) is 15.1. The molecule has 0 unspecified atom stereocenters. The molecule has 3 heterocycles. The zero-order chi connectivity index (χ0) is 19.5. The van der Waals surface area contributed by atoms with Crippen molar-refractivity contribution in [2.45, 2.75) is 32.2 Å². The van der Waals surface area contributed by atoms with Gasteiger partial charge in [-0.05, 0) is 43.9 Å². The van der Waals surface area contributed by atoms with Gasteiger partial charge in [-0.2, -0.15) is 5.10 Å². The van der Waals surface area contributed by atoms with Gasteiger partial charge < -0.3 is 9.73 Å². The zero-order valence-electron chi connectivity index (χ0n) is 15.1. The van der Waals surface area contributed by atoms with Gasteiger partial charge in [0.2, 0.25) is 0 Å². The van der Waals surface area contributed by atoms with Crippen molar-refractivity contribution in [3.05, 3.63) is 63.7 Å². The fourth-order valence-corrected chi connectivity index (χ4v) is 3.47. The van der Waals surface area contributed by atoms with Crippen LogP contribution in [0.4, 0.5) is 5.88 Å².